The van der Waals surface area contributed by atoms with Crippen LogP contribution in [0.4, 0.5) is 4.39 Å². The van der Waals surface area contributed by atoms with Crippen LogP contribution in [-0.4, -0.2) is 20.6 Å². The average molecular weight is 270 g/mol. The molecular weight excluding hydrogens is 259 g/mol. The number of carboxylic acids is 1. The molecule has 2 aromatic heterocycles. The molecule has 0 radical (unpaired) electrons. The Morgan fingerprint density at radius 1 is 1.30 bits per heavy atom. The van der Waals surface area contributed by atoms with Gasteiger partial charge in [0.2, 0.25) is 0 Å². The molecule has 0 amide bonds. The van der Waals surface area contributed by atoms with Crippen molar-refractivity contribution in [3.63, 3.8) is 0 Å². The molecule has 0 saturated carbocycles. The molecule has 1 aromatic carbocycles. The highest BCUT2D eigenvalue weighted by Gasteiger charge is 2.12. The van der Waals surface area contributed by atoms with Crippen molar-refractivity contribution >= 4 is 16.9 Å². The fourth-order valence-corrected chi connectivity index (χ4v) is 2.30. The van der Waals surface area contributed by atoms with Crippen molar-refractivity contribution in [1.29, 1.82) is 0 Å². The monoisotopic (exact) mass is 270 g/mol. The van der Waals surface area contributed by atoms with Gasteiger partial charge in [0.15, 0.2) is 0 Å². The maximum Gasteiger partial charge on any atom is 0.337 e. The molecule has 0 saturated heterocycles. The first-order valence-electron chi connectivity index (χ1n) is 6.06. The van der Waals surface area contributed by atoms with Gasteiger partial charge in [-0.05, 0) is 23.8 Å². The Morgan fingerprint density at radius 2 is 2.15 bits per heavy atom. The molecule has 1 N–H and O–H groups in total. The molecule has 0 bridgehead atoms. The van der Waals surface area contributed by atoms with Crippen LogP contribution in [0.3, 0.4) is 0 Å². The third kappa shape index (κ3) is 2.14. The van der Waals surface area contributed by atoms with Crippen LogP contribution in [0.2, 0.25) is 0 Å². The van der Waals surface area contributed by atoms with E-state index >= 15 is 0 Å². The highest BCUT2D eigenvalue weighted by atomic mass is 19.1. The molecule has 0 spiro atoms. The van der Waals surface area contributed by atoms with E-state index in [2.05, 4.69) is 4.98 Å². The minimum Gasteiger partial charge on any atom is -0.478 e. The minimum absolute atomic E-state index is 0.233. The molecule has 0 aliphatic rings. The second-order valence-electron chi connectivity index (χ2n) is 4.50. The first kappa shape index (κ1) is 12.3. The molecule has 20 heavy (non-hydrogen) atoms. The van der Waals surface area contributed by atoms with E-state index in [0.717, 1.165) is 11.6 Å². The van der Waals surface area contributed by atoms with Gasteiger partial charge in [0.25, 0.3) is 0 Å². The summed E-state index contributed by atoms with van der Waals surface area (Å²) in [6.07, 6.45) is 4.50. The molecular formula is C15H11FN2O2. The number of carboxylic acid groups (broad SMARTS) is 1. The van der Waals surface area contributed by atoms with Crippen LogP contribution in [-0.2, 0) is 6.54 Å². The number of hydrogen-bond donors (Lipinski definition) is 1. The smallest absolute Gasteiger partial charge is 0.337 e. The summed E-state index contributed by atoms with van der Waals surface area (Å²) in [6.45, 7) is 0.374. The molecule has 5 heteroatoms. The normalized spacial score (nSPS) is 10.8. The first-order chi connectivity index (χ1) is 9.65. The Balaban J connectivity index is 2.10. The largest absolute Gasteiger partial charge is 0.478 e. The summed E-state index contributed by atoms with van der Waals surface area (Å²) in [6, 6.07) is 8.35. The van der Waals surface area contributed by atoms with Gasteiger partial charge in [-0.1, -0.05) is 12.1 Å². The van der Waals surface area contributed by atoms with Crippen molar-refractivity contribution < 1.29 is 14.3 Å². The van der Waals surface area contributed by atoms with Crippen LogP contribution >= 0.6 is 0 Å². The van der Waals surface area contributed by atoms with E-state index in [-0.39, 0.29) is 5.56 Å². The number of fused-ring (bicyclic) bond motifs is 1. The number of nitrogens with zero attached hydrogens (tertiary/aromatic N) is 2. The summed E-state index contributed by atoms with van der Waals surface area (Å²) in [4.78, 5) is 15.1. The Hall–Kier alpha value is -2.69. The molecule has 2 heterocycles. The van der Waals surface area contributed by atoms with E-state index < -0.39 is 11.8 Å². The third-order valence-corrected chi connectivity index (χ3v) is 3.13. The summed E-state index contributed by atoms with van der Waals surface area (Å²) in [5.74, 6) is -1.38. The number of halogens is 1. The Bertz CT molecular complexity index is 795. The van der Waals surface area contributed by atoms with Gasteiger partial charge >= 0.3 is 5.97 Å². The summed E-state index contributed by atoms with van der Waals surface area (Å²) in [5.41, 5.74) is 1.55. The van der Waals surface area contributed by atoms with Gasteiger partial charge < -0.3 is 9.67 Å². The number of pyridine rings is 1. The van der Waals surface area contributed by atoms with Crippen LogP contribution in [0.1, 0.15) is 15.9 Å². The predicted octanol–water partition coefficient (Wildman–Crippen LogP) is 2.92. The SMILES string of the molecule is O=C(O)c1cccc2ccn(Cc3cncc(F)c3)c12. The maximum absolute atomic E-state index is 13.2. The van der Waals surface area contributed by atoms with E-state index in [1.807, 2.05) is 12.1 Å². The number of aromatic carboxylic acids is 1. The topological polar surface area (TPSA) is 55.1 Å². The molecule has 3 rings (SSSR count). The second kappa shape index (κ2) is 4.77. The van der Waals surface area contributed by atoms with Crippen LogP contribution in [0, 0.1) is 5.82 Å². The molecule has 3 aromatic rings. The number of benzene rings is 1. The van der Waals surface area contributed by atoms with Crippen molar-refractivity contribution in [3.05, 3.63) is 65.9 Å². The average Bonchev–Trinajstić information content (AvgIpc) is 2.82. The highest BCUT2D eigenvalue weighted by Crippen LogP contribution is 2.21. The van der Waals surface area contributed by atoms with E-state index in [1.54, 1.807) is 29.1 Å². The summed E-state index contributed by atoms with van der Waals surface area (Å²) < 4.78 is 14.9. The van der Waals surface area contributed by atoms with Crippen molar-refractivity contribution in [2.24, 2.45) is 0 Å². The summed E-state index contributed by atoms with van der Waals surface area (Å²) in [5, 5.41) is 10.1. The number of para-hydroxylation sites is 1. The van der Waals surface area contributed by atoms with Gasteiger partial charge in [-0.15, -0.1) is 0 Å². The molecule has 0 aliphatic carbocycles. The number of aromatic nitrogens is 2. The summed E-state index contributed by atoms with van der Waals surface area (Å²) >= 11 is 0. The lowest BCUT2D eigenvalue weighted by molar-refractivity contribution is 0.0698. The zero-order chi connectivity index (χ0) is 14.1. The maximum atomic E-state index is 13.2. The van der Waals surface area contributed by atoms with Gasteiger partial charge in [-0.3, -0.25) is 4.98 Å². The Labute approximate surface area is 114 Å². The van der Waals surface area contributed by atoms with Gasteiger partial charge in [0.05, 0.1) is 17.3 Å². The molecule has 0 aliphatic heterocycles. The lowest BCUT2D eigenvalue weighted by Gasteiger charge is -2.07. The van der Waals surface area contributed by atoms with E-state index in [0.29, 0.717) is 17.6 Å². The van der Waals surface area contributed by atoms with Crippen LogP contribution in [0.15, 0.2) is 48.9 Å². The van der Waals surface area contributed by atoms with Gasteiger partial charge in [0, 0.05) is 24.3 Å². The van der Waals surface area contributed by atoms with Crippen LogP contribution < -0.4 is 0 Å². The van der Waals surface area contributed by atoms with Crippen molar-refractivity contribution in [2.75, 3.05) is 0 Å². The number of hydrogen-bond acceptors (Lipinski definition) is 2. The minimum atomic E-state index is -0.979. The first-order valence-corrected chi connectivity index (χ1v) is 6.06. The lowest BCUT2D eigenvalue weighted by Crippen LogP contribution is -2.04. The van der Waals surface area contributed by atoms with Crippen molar-refractivity contribution in [1.82, 2.24) is 9.55 Å². The van der Waals surface area contributed by atoms with Crippen molar-refractivity contribution in [2.45, 2.75) is 6.54 Å². The van der Waals surface area contributed by atoms with E-state index in [4.69, 9.17) is 0 Å². The zero-order valence-electron chi connectivity index (χ0n) is 10.5. The van der Waals surface area contributed by atoms with Gasteiger partial charge in [-0.25, -0.2) is 9.18 Å². The lowest BCUT2D eigenvalue weighted by atomic mass is 10.1. The fraction of sp³-hybridized carbons (Fsp3) is 0.0667. The van der Waals surface area contributed by atoms with Crippen molar-refractivity contribution in [3.8, 4) is 0 Å². The molecule has 4 nitrogen and oxygen atoms in total. The van der Waals surface area contributed by atoms with Gasteiger partial charge in [0.1, 0.15) is 5.82 Å². The highest BCUT2D eigenvalue weighted by molar-refractivity contribution is 6.02. The predicted molar refractivity (Wildman–Crippen MR) is 72.2 cm³/mol. The summed E-state index contributed by atoms with van der Waals surface area (Å²) in [7, 11) is 0. The van der Waals surface area contributed by atoms with E-state index in [1.165, 1.54) is 6.07 Å². The number of carbonyl (C=O) groups is 1. The Morgan fingerprint density at radius 3 is 2.90 bits per heavy atom. The van der Waals surface area contributed by atoms with E-state index in [9.17, 15) is 14.3 Å². The zero-order valence-corrected chi connectivity index (χ0v) is 10.5. The standard InChI is InChI=1S/C15H11FN2O2/c16-12-6-10(7-17-8-12)9-18-5-4-11-2-1-3-13(14(11)18)15(19)20/h1-8H,9H2,(H,19,20). The molecule has 0 atom stereocenters. The quantitative estimate of drug-likeness (QED) is 0.796. The second-order valence-corrected chi connectivity index (χ2v) is 4.50. The number of rotatable bonds is 3. The van der Waals surface area contributed by atoms with Crippen LogP contribution in [0.25, 0.3) is 10.9 Å². The Kier molecular flexibility index (Phi) is 2.95. The third-order valence-electron chi connectivity index (χ3n) is 3.13. The van der Waals surface area contributed by atoms with Gasteiger partial charge in [-0.2, -0.15) is 0 Å². The van der Waals surface area contributed by atoms with Crippen LogP contribution in [0.5, 0.6) is 0 Å². The fourth-order valence-electron chi connectivity index (χ4n) is 2.30. The molecule has 0 fully saturated rings. The molecule has 0 unspecified atom stereocenters. The molecule has 100 valence electrons.